The number of nitrogens with zero attached hydrogens (tertiary/aromatic N) is 4. The minimum atomic E-state index is -0.782. The number of rotatable bonds is 7. The van der Waals surface area contributed by atoms with Gasteiger partial charge in [0.15, 0.2) is 0 Å². The number of anilines is 1. The number of benzene rings is 3. The average Bonchev–Trinajstić information content (AvgIpc) is 3.81. The first kappa shape index (κ1) is 28.7. The van der Waals surface area contributed by atoms with Crippen molar-refractivity contribution in [3.05, 3.63) is 112 Å². The normalized spacial score (nSPS) is 16.3. The summed E-state index contributed by atoms with van der Waals surface area (Å²) in [5.41, 5.74) is 12.4. The third kappa shape index (κ3) is 5.44. The molecule has 0 spiro atoms. The average molecular weight is 600 g/mol. The van der Waals surface area contributed by atoms with Crippen molar-refractivity contribution < 1.29 is 9.59 Å². The van der Waals surface area contributed by atoms with Gasteiger partial charge in [-0.3, -0.25) is 24.3 Å². The summed E-state index contributed by atoms with van der Waals surface area (Å²) in [6.45, 7) is 5.88. The largest absolute Gasteiger partial charge is 0.338 e. The zero-order chi connectivity index (χ0) is 31.2. The highest BCUT2D eigenvalue weighted by Crippen LogP contribution is 2.39. The molecule has 9 heteroatoms. The van der Waals surface area contributed by atoms with E-state index in [4.69, 9.17) is 0 Å². The number of carbonyl (C=O) groups excluding carboxylic acids is 2. The van der Waals surface area contributed by atoms with E-state index in [1.807, 2.05) is 38.1 Å². The zero-order valence-electron chi connectivity index (χ0n) is 26.0. The van der Waals surface area contributed by atoms with Crippen molar-refractivity contribution >= 4 is 17.5 Å². The summed E-state index contributed by atoms with van der Waals surface area (Å²) in [7, 11) is 3.86. The lowest BCUT2D eigenvalue weighted by Crippen LogP contribution is -2.47. The van der Waals surface area contributed by atoms with Crippen molar-refractivity contribution in [1.82, 2.24) is 30.2 Å². The van der Waals surface area contributed by atoms with E-state index in [9.17, 15) is 9.59 Å². The number of hydrogen-bond acceptors (Lipinski definition) is 5. The predicted octanol–water partition coefficient (Wildman–Crippen LogP) is 5.51. The number of nitrogens with one attached hydrogen (secondary N) is 3. The quantitative estimate of drug-likeness (QED) is 0.229. The number of aryl methyl sites for hydroxylation is 4. The first-order chi connectivity index (χ1) is 21.7. The van der Waals surface area contributed by atoms with Crippen molar-refractivity contribution in [2.75, 3.05) is 12.4 Å². The SMILES string of the molecule is Cc1n[nH]c(C)c1-c1ccc(NC(=O)C(NC(=O)c2ccnn2C)[C@@H]2CCc3ccc(-c4ccc5c(c4)CN(C)C5)cc32)cc1. The van der Waals surface area contributed by atoms with Gasteiger partial charge >= 0.3 is 0 Å². The number of fused-ring (bicyclic) bond motifs is 2. The van der Waals surface area contributed by atoms with E-state index in [0.29, 0.717) is 11.4 Å². The summed E-state index contributed by atoms with van der Waals surface area (Å²) < 4.78 is 1.52. The number of carbonyl (C=O) groups is 2. The summed E-state index contributed by atoms with van der Waals surface area (Å²) in [5.74, 6) is -0.769. The molecule has 1 aliphatic carbocycles. The van der Waals surface area contributed by atoms with Crippen molar-refractivity contribution in [1.29, 1.82) is 0 Å². The molecule has 0 saturated heterocycles. The van der Waals surface area contributed by atoms with E-state index in [1.165, 1.54) is 26.9 Å². The lowest BCUT2D eigenvalue weighted by Gasteiger charge is -2.25. The second-order valence-electron chi connectivity index (χ2n) is 12.4. The van der Waals surface area contributed by atoms with Crippen LogP contribution < -0.4 is 10.6 Å². The molecule has 2 atom stereocenters. The molecule has 0 radical (unpaired) electrons. The molecule has 3 N–H and O–H groups in total. The molecule has 0 saturated carbocycles. The molecule has 2 aromatic heterocycles. The lowest BCUT2D eigenvalue weighted by molar-refractivity contribution is -0.118. The van der Waals surface area contributed by atoms with Crippen molar-refractivity contribution in [3.8, 4) is 22.3 Å². The highest BCUT2D eigenvalue weighted by atomic mass is 16.2. The Morgan fingerprint density at radius 1 is 0.889 bits per heavy atom. The van der Waals surface area contributed by atoms with Gasteiger partial charge in [0, 0.05) is 49.2 Å². The van der Waals surface area contributed by atoms with E-state index in [1.54, 1.807) is 19.3 Å². The van der Waals surface area contributed by atoms with Gasteiger partial charge in [0.25, 0.3) is 5.91 Å². The van der Waals surface area contributed by atoms with Crippen LogP contribution in [0.2, 0.25) is 0 Å². The fraction of sp³-hybridized carbons (Fsp3) is 0.278. The maximum Gasteiger partial charge on any atom is 0.270 e. The molecule has 1 unspecified atom stereocenters. The van der Waals surface area contributed by atoms with Crippen molar-refractivity contribution in [2.45, 2.75) is 51.7 Å². The molecule has 0 bridgehead atoms. The highest BCUT2D eigenvalue weighted by molar-refractivity contribution is 6.01. The third-order valence-electron chi connectivity index (χ3n) is 9.28. The number of H-pyrrole nitrogens is 1. The van der Waals surface area contributed by atoms with E-state index in [2.05, 4.69) is 74.3 Å². The standard InChI is InChI=1S/C36H37N7O2/c1-21-33(22(2)41-40-21)24-9-12-29(13-10-24)38-36(45)34(39-35(44)32-15-16-37-43(32)4)30-14-11-23-5-6-26(18-31(23)30)25-7-8-27-19-42(3)20-28(27)17-25/h5-10,12-13,15-18,30,34H,11,14,19-20H2,1-4H3,(H,38,45)(H,39,44)(H,40,41)/t30-,34?/m1/s1. The van der Waals surface area contributed by atoms with Gasteiger partial charge < -0.3 is 10.6 Å². The third-order valence-corrected chi connectivity index (χ3v) is 9.28. The minimum absolute atomic E-state index is 0.187. The van der Waals surface area contributed by atoms with E-state index < -0.39 is 6.04 Å². The fourth-order valence-electron chi connectivity index (χ4n) is 6.98. The molecule has 3 heterocycles. The Morgan fingerprint density at radius 2 is 1.60 bits per heavy atom. The second-order valence-corrected chi connectivity index (χ2v) is 12.4. The first-order valence-corrected chi connectivity index (χ1v) is 15.4. The van der Waals surface area contributed by atoms with Crippen molar-refractivity contribution in [3.63, 3.8) is 0 Å². The van der Waals surface area contributed by atoms with Gasteiger partial charge in [-0.1, -0.05) is 42.5 Å². The molecule has 7 rings (SSSR count). The van der Waals surface area contributed by atoms with Gasteiger partial charge in [-0.25, -0.2) is 0 Å². The Morgan fingerprint density at radius 3 is 2.31 bits per heavy atom. The summed E-state index contributed by atoms with van der Waals surface area (Å²) in [6, 6.07) is 21.9. The minimum Gasteiger partial charge on any atom is -0.338 e. The monoisotopic (exact) mass is 599 g/mol. The Bertz CT molecular complexity index is 1900. The van der Waals surface area contributed by atoms with Crippen molar-refractivity contribution in [2.24, 2.45) is 7.05 Å². The number of hydrogen-bond donors (Lipinski definition) is 3. The van der Waals surface area contributed by atoms with Crippen LogP contribution in [0, 0.1) is 13.8 Å². The lowest BCUT2D eigenvalue weighted by atomic mass is 9.89. The smallest absolute Gasteiger partial charge is 0.270 e. The van der Waals surface area contributed by atoms with E-state index in [-0.39, 0.29) is 17.7 Å². The first-order valence-electron chi connectivity index (χ1n) is 15.4. The van der Waals surface area contributed by atoms with E-state index >= 15 is 0 Å². The van der Waals surface area contributed by atoms with Crippen LogP contribution in [0.15, 0.2) is 72.9 Å². The molecule has 2 amide bonds. The number of aromatic amines is 1. The van der Waals surface area contributed by atoms with Crippen LogP contribution in [0.5, 0.6) is 0 Å². The molecule has 0 fully saturated rings. The van der Waals surface area contributed by atoms with E-state index in [0.717, 1.165) is 59.6 Å². The van der Waals surface area contributed by atoms with Gasteiger partial charge in [0.2, 0.25) is 5.91 Å². The molecular weight excluding hydrogens is 562 g/mol. The topological polar surface area (TPSA) is 108 Å². The Labute approximate surface area is 262 Å². The van der Waals surface area contributed by atoms with Gasteiger partial charge in [0.05, 0.1) is 5.69 Å². The number of aromatic nitrogens is 4. The van der Waals surface area contributed by atoms with Crippen LogP contribution in [0.4, 0.5) is 5.69 Å². The Kier molecular flexibility index (Phi) is 7.33. The highest BCUT2D eigenvalue weighted by Gasteiger charge is 2.36. The van der Waals surface area contributed by atoms with Gasteiger partial charge in [-0.15, -0.1) is 0 Å². The molecule has 2 aliphatic rings. The summed E-state index contributed by atoms with van der Waals surface area (Å²) in [6.07, 6.45) is 3.19. The zero-order valence-corrected chi connectivity index (χ0v) is 26.0. The molecular formula is C36H37N7O2. The number of amides is 2. The molecule has 45 heavy (non-hydrogen) atoms. The maximum atomic E-state index is 14.1. The summed E-state index contributed by atoms with van der Waals surface area (Å²) in [5, 5.41) is 17.7. The van der Waals surface area contributed by atoms with Crippen LogP contribution in [-0.2, 0) is 31.4 Å². The van der Waals surface area contributed by atoms with Crippen LogP contribution in [-0.4, -0.2) is 49.8 Å². The van der Waals surface area contributed by atoms with Gasteiger partial charge in [-0.05, 0) is 96.9 Å². The van der Waals surface area contributed by atoms with Gasteiger partial charge in [0.1, 0.15) is 11.7 Å². The Balaban J connectivity index is 1.19. The molecule has 3 aromatic carbocycles. The second kappa shape index (κ2) is 11.5. The van der Waals surface area contributed by atoms with Crippen LogP contribution in [0.25, 0.3) is 22.3 Å². The fourth-order valence-corrected chi connectivity index (χ4v) is 6.98. The molecule has 5 aromatic rings. The van der Waals surface area contributed by atoms with Crippen LogP contribution in [0.1, 0.15) is 56.5 Å². The predicted molar refractivity (Wildman–Crippen MR) is 175 cm³/mol. The van der Waals surface area contributed by atoms with Gasteiger partial charge in [-0.2, -0.15) is 10.2 Å². The summed E-state index contributed by atoms with van der Waals surface area (Å²) >= 11 is 0. The van der Waals surface area contributed by atoms with Crippen LogP contribution in [0.3, 0.4) is 0 Å². The molecule has 1 aliphatic heterocycles. The molecule has 228 valence electrons. The Hall–Kier alpha value is -5.02. The van der Waals surface area contributed by atoms with Crippen LogP contribution >= 0.6 is 0 Å². The molecule has 9 nitrogen and oxygen atoms in total. The maximum absolute atomic E-state index is 14.1. The summed E-state index contributed by atoms with van der Waals surface area (Å²) in [4.78, 5) is 29.8.